The Morgan fingerprint density at radius 2 is 1.61 bits per heavy atom. The normalized spacial score (nSPS) is 11.2. The Hall–Kier alpha value is -2.92. The van der Waals surface area contributed by atoms with Crippen LogP contribution in [0.3, 0.4) is 0 Å². The van der Waals surface area contributed by atoms with E-state index in [1.807, 2.05) is 48.7 Å². The molecule has 1 aromatic heterocycles. The van der Waals surface area contributed by atoms with Crippen molar-refractivity contribution in [1.29, 1.82) is 0 Å². The summed E-state index contributed by atoms with van der Waals surface area (Å²) in [5.74, 6) is 0. The number of benzene rings is 3. The summed E-state index contributed by atoms with van der Waals surface area (Å²) in [5.41, 5.74) is 4.54. The maximum absolute atomic E-state index is 6.11. The van der Waals surface area contributed by atoms with E-state index in [0.717, 1.165) is 49.2 Å². The van der Waals surface area contributed by atoms with E-state index < -0.39 is 0 Å². The average molecular weight is 460 g/mol. The molecule has 3 aromatic carbocycles. The molecule has 0 spiro atoms. The second kappa shape index (κ2) is 12.4. The number of nitrogens with zero attached hydrogens (tertiary/aromatic N) is 2. The van der Waals surface area contributed by atoms with Gasteiger partial charge in [-0.1, -0.05) is 72.3 Å². The number of hydrogen-bond donors (Lipinski definition) is 1. The van der Waals surface area contributed by atoms with Crippen LogP contribution >= 0.6 is 11.6 Å². The van der Waals surface area contributed by atoms with Crippen LogP contribution < -0.4 is 5.32 Å². The van der Waals surface area contributed by atoms with Gasteiger partial charge in [-0.05, 0) is 41.8 Å². The highest BCUT2D eigenvalue weighted by atomic mass is 35.5. The van der Waals surface area contributed by atoms with E-state index in [4.69, 9.17) is 16.3 Å². The fourth-order valence-corrected chi connectivity index (χ4v) is 4.04. The fourth-order valence-electron chi connectivity index (χ4n) is 3.87. The molecule has 0 fully saturated rings. The molecular weight excluding hydrogens is 430 g/mol. The molecule has 0 bridgehead atoms. The number of nitrogens with one attached hydrogen (secondary N) is 1. The molecule has 0 radical (unpaired) electrons. The van der Waals surface area contributed by atoms with E-state index in [-0.39, 0.29) is 0 Å². The first-order valence-electron chi connectivity index (χ1n) is 11.4. The lowest BCUT2D eigenvalue weighted by atomic mass is 10.2. The lowest BCUT2D eigenvalue weighted by molar-refractivity contribution is 0.0901. The van der Waals surface area contributed by atoms with E-state index in [1.165, 1.54) is 11.1 Å². The van der Waals surface area contributed by atoms with Gasteiger partial charge in [-0.3, -0.25) is 9.88 Å². The van der Waals surface area contributed by atoms with E-state index in [2.05, 4.69) is 57.7 Å². The van der Waals surface area contributed by atoms with Gasteiger partial charge in [-0.15, -0.1) is 0 Å². The molecule has 4 rings (SSSR count). The van der Waals surface area contributed by atoms with E-state index >= 15 is 0 Å². The SMILES string of the molecule is Clc1ccc2c(NCCCN(CCOCc3ccccc3)Cc3ccccc3)ccnc2c1. The number of halogens is 1. The summed E-state index contributed by atoms with van der Waals surface area (Å²) in [7, 11) is 0. The summed E-state index contributed by atoms with van der Waals surface area (Å²) in [6.45, 7) is 5.07. The number of anilines is 1. The van der Waals surface area contributed by atoms with Gasteiger partial charge in [-0.25, -0.2) is 0 Å². The molecule has 170 valence electrons. The van der Waals surface area contributed by atoms with Crippen molar-refractivity contribution in [2.75, 3.05) is 31.6 Å². The minimum atomic E-state index is 0.653. The molecular formula is C28H30ClN3O. The third-order valence-corrected chi connectivity index (χ3v) is 5.82. The van der Waals surface area contributed by atoms with Crippen LogP contribution in [0.2, 0.25) is 5.02 Å². The molecule has 0 amide bonds. The maximum Gasteiger partial charge on any atom is 0.0737 e. The van der Waals surface area contributed by atoms with Crippen molar-refractivity contribution in [1.82, 2.24) is 9.88 Å². The Balaban J connectivity index is 1.28. The molecule has 4 nitrogen and oxygen atoms in total. The van der Waals surface area contributed by atoms with Gasteiger partial charge >= 0.3 is 0 Å². The highest BCUT2D eigenvalue weighted by Gasteiger charge is 2.07. The third-order valence-electron chi connectivity index (χ3n) is 5.58. The minimum absolute atomic E-state index is 0.653. The van der Waals surface area contributed by atoms with E-state index in [0.29, 0.717) is 18.2 Å². The van der Waals surface area contributed by atoms with Crippen molar-refractivity contribution in [3.8, 4) is 0 Å². The number of pyridine rings is 1. The molecule has 1 N–H and O–H groups in total. The number of hydrogen-bond acceptors (Lipinski definition) is 4. The van der Waals surface area contributed by atoms with Crippen molar-refractivity contribution in [2.24, 2.45) is 0 Å². The summed E-state index contributed by atoms with van der Waals surface area (Å²) >= 11 is 6.11. The van der Waals surface area contributed by atoms with E-state index in [1.54, 1.807) is 0 Å². The molecule has 0 atom stereocenters. The van der Waals surface area contributed by atoms with Gasteiger partial charge in [-0.2, -0.15) is 0 Å². The average Bonchev–Trinajstić information content (AvgIpc) is 2.85. The zero-order valence-corrected chi connectivity index (χ0v) is 19.5. The molecule has 1 heterocycles. The maximum atomic E-state index is 6.11. The van der Waals surface area contributed by atoms with Crippen molar-refractivity contribution in [3.05, 3.63) is 107 Å². The molecule has 0 unspecified atom stereocenters. The Kier molecular flexibility index (Phi) is 8.70. The second-order valence-electron chi connectivity index (χ2n) is 8.10. The number of rotatable bonds is 12. The molecule has 0 aliphatic heterocycles. The Labute approximate surface area is 201 Å². The van der Waals surface area contributed by atoms with Gasteiger partial charge in [0.2, 0.25) is 0 Å². The van der Waals surface area contributed by atoms with Gasteiger partial charge < -0.3 is 10.1 Å². The summed E-state index contributed by atoms with van der Waals surface area (Å²) in [5, 5.41) is 5.38. The number of fused-ring (bicyclic) bond motifs is 1. The van der Waals surface area contributed by atoms with Crippen LogP contribution in [-0.2, 0) is 17.9 Å². The molecule has 5 heteroatoms. The Morgan fingerprint density at radius 3 is 2.39 bits per heavy atom. The predicted octanol–water partition coefficient (Wildman–Crippen LogP) is 6.41. The van der Waals surface area contributed by atoms with Crippen molar-refractivity contribution in [2.45, 2.75) is 19.6 Å². The summed E-state index contributed by atoms with van der Waals surface area (Å²) < 4.78 is 5.95. The van der Waals surface area contributed by atoms with Gasteiger partial charge in [0.05, 0.1) is 18.7 Å². The van der Waals surface area contributed by atoms with Crippen LogP contribution in [0.1, 0.15) is 17.5 Å². The molecule has 0 saturated carbocycles. The third kappa shape index (κ3) is 7.29. The largest absolute Gasteiger partial charge is 0.384 e. The molecule has 0 aliphatic carbocycles. The second-order valence-corrected chi connectivity index (χ2v) is 8.54. The monoisotopic (exact) mass is 459 g/mol. The number of aromatic nitrogens is 1. The van der Waals surface area contributed by atoms with Crippen LogP contribution in [0, 0.1) is 0 Å². The highest BCUT2D eigenvalue weighted by molar-refractivity contribution is 6.31. The van der Waals surface area contributed by atoms with Crippen molar-refractivity contribution < 1.29 is 4.74 Å². The van der Waals surface area contributed by atoms with Crippen LogP contribution in [0.5, 0.6) is 0 Å². The number of ether oxygens (including phenoxy) is 1. The van der Waals surface area contributed by atoms with Gasteiger partial charge in [0.15, 0.2) is 0 Å². The minimum Gasteiger partial charge on any atom is -0.384 e. The molecule has 4 aromatic rings. The summed E-state index contributed by atoms with van der Waals surface area (Å²) in [6.07, 6.45) is 2.86. The first-order chi connectivity index (χ1) is 16.3. The molecule has 0 aliphatic rings. The van der Waals surface area contributed by atoms with Crippen LogP contribution in [0.4, 0.5) is 5.69 Å². The van der Waals surface area contributed by atoms with Crippen LogP contribution in [-0.4, -0.2) is 36.1 Å². The first kappa shape index (κ1) is 23.2. The quantitative estimate of drug-likeness (QED) is 0.248. The molecule has 33 heavy (non-hydrogen) atoms. The molecule has 0 saturated heterocycles. The smallest absolute Gasteiger partial charge is 0.0737 e. The zero-order chi connectivity index (χ0) is 22.7. The summed E-state index contributed by atoms with van der Waals surface area (Å²) in [4.78, 5) is 6.89. The van der Waals surface area contributed by atoms with Crippen LogP contribution in [0.15, 0.2) is 91.1 Å². The topological polar surface area (TPSA) is 37.4 Å². The van der Waals surface area contributed by atoms with E-state index in [9.17, 15) is 0 Å². The summed E-state index contributed by atoms with van der Waals surface area (Å²) in [6, 6.07) is 28.8. The lowest BCUT2D eigenvalue weighted by Gasteiger charge is -2.23. The fraction of sp³-hybridized carbons (Fsp3) is 0.250. The van der Waals surface area contributed by atoms with Crippen molar-refractivity contribution >= 4 is 28.2 Å². The highest BCUT2D eigenvalue weighted by Crippen LogP contribution is 2.24. The van der Waals surface area contributed by atoms with Crippen LogP contribution in [0.25, 0.3) is 10.9 Å². The van der Waals surface area contributed by atoms with Gasteiger partial charge in [0.25, 0.3) is 0 Å². The zero-order valence-electron chi connectivity index (χ0n) is 18.8. The predicted molar refractivity (Wildman–Crippen MR) is 138 cm³/mol. The van der Waals surface area contributed by atoms with Gasteiger partial charge in [0.1, 0.15) is 0 Å². The Bertz CT molecular complexity index is 1120. The Morgan fingerprint density at radius 1 is 0.848 bits per heavy atom. The standard InChI is InChI=1S/C28H30ClN3O/c29-25-12-13-26-27(14-16-31-28(26)20-25)30-15-7-17-32(21-23-8-3-1-4-9-23)18-19-33-22-24-10-5-2-6-11-24/h1-6,8-14,16,20H,7,15,17-19,21-22H2,(H,30,31). The first-order valence-corrected chi connectivity index (χ1v) is 11.8. The lowest BCUT2D eigenvalue weighted by Crippen LogP contribution is -2.29. The van der Waals surface area contributed by atoms with Gasteiger partial charge in [0, 0.05) is 48.5 Å². The van der Waals surface area contributed by atoms with Crippen molar-refractivity contribution in [3.63, 3.8) is 0 Å².